The van der Waals surface area contributed by atoms with Crippen LogP contribution in [0.4, 0.5) is 0 Å². The second-order valence-electron chi connectivity index (χ2n) is 5.50. The summed E-state index contributed by atoms with van der Waals surface area (Å²) in [7, 11) is 0. The Kier molecular flexibility index (Phi) is 2.99. The lowest BCUT2D eigenvalue weighted by atomic mass is 9.92. The van der Waals surface area contributed by atoms with Crippen LogP contribution < -0.4 is 5.73 Å². The van der Waals surface area contributed by atoms with E-state index < -0.39 is 11.5 Å². The normalized spacial score (nSPS) is 14.4. The van der Waals surface area contributed by atoms with Gasteiger partial charge in [0.05, 0.1) is 0 Å². The summed E-state index contributed by atoms with van der Waals surface area (Å²) >= 11 is 0. The molecule has 0 radical (unpaired) electrons. The Morgan fingerprint density at radius 1 is 1.19 bits per heavy atom. The van der Waals surface area contributed by atoms with Crippen molar-refractivity contribution in [3.8, 4) is 0 Å². The highest BCUT2D eigenvalue weighted by Gasteiger charge is 2.30. The van der Waals surface area contributed by atoms with Crippen molar-refractivity contribution < 1.29 is 9.90 Å². The molecule has 2 aromatic carbocycles. The zero-order valence-electron chi connectivity index (χ0n) is 12.1. The zero-order chi connectivity index (χ0) is 15.2. The Labute approximate surface area is 122 Å². The molecule has 0 spiro atoms. The van der Waals surface area contributed by atoms with Gasteiger partial charge in [0.2, 0.25) is 0 Å². The van der Waals surface area contributed by atoms with Crippen molar-refractivity contribution in [3.63, 3.8) is 0 Å². The van der Waals surface area contributed by atoms with E-state index in [2.05, 4.69) is 23.6 Å². The van der Waals surface area contributed by atoms with Crippen LogP contribution in [-0.2, 0) is 16.9 Å². The predicted molar refractivity (Wildman–Crippen MR) is 84.3 cm³/mol. The molecular weight excluding hydrogens is 264 g/mol. The highest BCUT2D eigenvalue weighted by Crippen LogP contribution is 2.31. The number of nitrogens with two attached hydrogens (primary N) is 1. The molecule has 4 heteroatoms. The van der Waals surface area contributed by atoms with E-state index >= 15 is 0 Å². The maximum absolute atomic E-state index is 11.4. The van der Waals surface area contributed by atoms with Crippen molar-refractivity contribution in [1.82, 2.24) is 4.57 Å². The number of carboxylic acid groups (broad SMARTS) is 1. The van der Waals surface area contributed by atoms with E-state index in [1.165, 1.54) is 6.92 Å². The second kappa shape index (κ2) is 4.60. The predicted octanol–water partition coefficient (Wildman–Crippen LogP) is 3.07. The number of aromatic nitrogens is 1. The van der Waals surface area contributed by atoms with Gasteiger partial charge in [0, 0.05) is 28.4 Å². The summed E-state index contributed by atoms with van der Waals surface area (Å²) in [5.41, 5.74) is 7.43. The number of carbonyl (C=O) groups is 1. The number of hydrogen-bond donors (Lipinski definition) is 2. The third kappa shape index (κ3) is 1.91. The van der Waals surface area contributed by atoms with Crippen molar-refractivity contribution in [3.05, 3.63) is 48.0 Å². The third-order valence-corrected chi connectivity index (χ3v) is 4.13. The molecule has 108 valence electrons. The van der Waals surface area contributed by atoms with Gasteiger partial charge in [0.15, 0.2) is 0 Å². The molecule has 3 N–H and O–H groups in total. The first-order valence-electron chi connectivity index (χ1n) is 7.00. The molecule has 0 aliphatic rings. The molecule has 0 saturated carbocycles. The molecule has 0 unspecified atom stereocenters. The maximum Gasteiger partial charge on any atom is 0.328 e. The highest BCUT2D eigenvalue weighted by molar-refractivity contribution is 6.08. The Morgan fingerprint density at radius 2 is 1.86 bits per heavy atom. The van der Waals surface area contributed by atoms with E-state index in [9.17, 15) is 9.90 Å². The van der Waals surface area contributed by atoms with Crippen LogP contribution in [0.3, 0.4) is 0 Å². The molecule has 21 heavy (non-hydrogen) atoms. The van der Waals surface area contributed by atoms with E-state index in [1.54, 1.807) is 0 Å². The van der Waals surface area contributed by atoms with Gasteiger partial charge >= 0.3 is 5.97 Å². The molecular formula is C17H18N2O2. The van der Waals surface area contributed by atoms with Crippen LogP contribution in [-0.4, -0.2) is 15.6 Å². The molecule has 0 fully saturated rings. The van der Waals surface area contributed by atoms with Crippen LogP contribution in [0.5, 0.6) is 0 Å². The lowest BCUT2D eigenvalue weighted by molar-refractivity contribution is -0.143. The van der Waals surface area contributed by atoms with Crippen molar-refractivity contribution in [2.75, 3.05) is 0 Å². The summed E-state index contributed by atoms with van der Waals surface area (Å²) in [6.07, 6.45) is 0. The SMILES string of the molecule is CCn1c2ccccc2c2cc([C@@](C)(N)C(=O)O)ccc21. The third-order valence-electron chi connectivity index (χ3n) is 4.13. The Balaban J connectivity index is 2.37. The van der Waals surface area contributed by atoms with Crippen LogP contribution >= 0.6 is 0 Å². The number of aryl methyl sites for hydroxylation is 1. The minimum atomic E-state index is -1.39. The molecule has 1 heterocycles. The Hall–Kier alpha value is -2.33. The van der Waals surface area contributed by atoms with E-state index in [0.717, 1.165) is 28.4 Å². The number of carboxylic acids is 1. The van der Waals surface area contributed by atoms with Crippen LogP contribution in [0, 0.1) is 0 Å². The highest BCUT2D eigenvalue weighted by atomic mass is 16.4. The molecule has 4 nitrogen and oxygen atoms in total. The summed E-state index contributed by atoms with van der Waals surface area (Å²) in [5.74, 6) is -1.03. The average molecular weight is 282 g/mol. The smallest absolute Gasteiger partial charge is 0.328 e. The minimum Gasteiger partial charge on any atom is -0.480 e. The van der Waals surface area contributed by atoms with Crippen LogP contribution in [0.25, 0.3) is 21.8 Å². The Bertz CT molecular complexity index is 846. The van der Waals surface area contributed by atoms with Crippen molar-refractivity contribution in [2.24, 2.45) is 5.73 Å². The fourth-order valence-corrected chi connectivity index (χ4v) is 2.84. The Morgan fingerprint density at radius 3 is 2.52 bits per heavy atom. The standard InChI is InChI=1S/C17H18N2O2/c1-3-19-14-7-5-4-6-12(14)13-10-11(8-9-15(13)19)17(2,18)16(20)21/h4-10H,3,18H2,1-2H3,(H,20,21)/t17-/m1/s1. The maximum atomic E-state index is 11.4. The molecule has 0 bridgehead atoms. The monoisotopic (exact) mass is 282 g/mol. The molecule has 0 aliphatic heterocycles. The van der Waals surface area contributed by atoms with E-state index in [4.69, 9.17) is 5.73 Å². The van der Waals surface area contributed by atoms with E-state index in [1.807, 2.05) is 30.3 Å². The minimum absolute atomic E-state index is 0.613. The van der Waals surface area contributed by atoms with Gasteiger partial charge in [-0.15, -0.1) is 0 Å². The summed E-state index contributed by atoms with van der Waals surface area (Å²) in [5, 5.41) is 11.5. The molecule has 0 saturated heterocycles. The quantitative estimate of drug-likeness (QED) is 0.775. The number of benzene rings is 2. The largest absolute Gasteiger partial charge is 0.480 e. The number of rotatable bonds is 3. The first kappa shape index (κ1) is 13.6. The van der Waals surface area contributed by atoms with Crippen molar-refractivity contribution in [1.29, 1.82) is 0 Å². The lowest BCUT2D eigenvalue weighted by Gasteiger charge is -2.19. The van der Waals surface area contributed by atoms with Crippen LogP contribution in [0.15, 0.2) is 42.5 Å². The molecule has 0 amide bonds. The summed E-state index contributed by atoms with van der Waals surface area (Å²) in [4.78, 5) is 11.4. The first-order valence-corrected chi connectivity index (χ1v) is 7.00. The van der Waals surface area contributed by atoms with Gasteiger partial charge in [-0.3, -0.25) is 0 Å². The molecule has 1 atom stereocenters. The summed E-state index contributed by atoms with van der Waals surface area (Å²) in [6, 6.07) is 13.8. The zero-order valence-corrected chi connectivity index (χ0v) is 12.1. The van der Waals surface area contributed by atoms with Crippen molar-refractivity contribution >= 4 is 27.8 Å². The molecule has 1 aromatic heterocycles. The second-order valence-corrected chi connectivity index (χ2v) is 5.50. The van der Waals surface area contributed by atoms with E-state index in [-0.39, 0.29) is 0 Å². The number of hydrogen-bond acceptors (Lipinski definition) is 2. The van der Waals surface area contributed by atoms with Gasteiger partial charge in [-0.05, 0) is 37.6 Å². The fourth-order valence-electron chi connectivity index (χ4n) is 2.84. The molecule has 0 aliphatic carbocycles. The fraction of sp³-hybridized carbons (Fsp3) is 0.235. The number of fused-ring (bicyclic) bond motifs is 3. The van der Waals surface area contributed by atoms with Gasteiger partial charge in [-0.2, -0.15) is 0 Å². The van der Waals surface area contributed by atoms with E-state index in [0.29, 0.717) is 5.56 Å². The van der Waals surface area contributed by atoms with Crippen LogP contribution in [0.1, 0.15) is 19.4 Å². The van der Waals surface area contributed by atoms with Gasteiger partial charge in [0.1, 0.15) is 5.54 Å². The van der Waals surface area contributed by atoms with Gasteiger partial charge in [0.25, 0.3) is 0 Å². The van der Waals surface area contributed by atoms with Gasteiger partial charge < -0.3 is 15.4 Å². The number of para-hydroxylation sites is 1. The van der Waals surface area contributed by atoms with Crippen LogP contribution in [0.2, 0.25) is 0 Å². The summed E-state index contributed by atoms with van der Waals surface area (Å²) in [6.45, 7) is 4.49. The number of aliphatic carboxylic acids is 1. The van der Waals surface area contributed by atoms with Crippen molar-refractivity contribution in [2.45, 2.75) is 25.9 Å². The number of nitrogens with zero attached hydrogens (tertiary/aromatic N) is 1. The molecule has 3 rings (SSSR count). The van der Waals surface area contributed by atoms with Gasteiger partial charge in [-0.1, -0.05) is 24.3 Å². The van der Waals surface area contributed by atoms with Gasteiger partial charge in [-0.25, -0.2) is 4.79 Å². The summed E-state index contributed by atoms with van der Waals surface area (Å²) < 4.78 is 2.23. The first-order chi connectivity index (χ1) is 9.96. The average Bonchev–Trinajstić information content (AvgIpc) is 2.80. The molecule has 3 aromatic rings. The lowest BCUT2D eigenvalue weighted by Crippen LogP contribution is -2.41. The topological polar surface area (TPSA) is 68.2 Å².